The van der Waals surface area contributed by atoms with Crippen molar-refractivity contribution in [2.24, 2.45) is 0 Å². The Labute approximate surface area is 245 Å². The van der Waals surface area contributed by atoms with Crippen molar-refractivity contribution in [3.8, 4) is 27.4 Å². The molecule has 6 heteroatoms. The van der Waals surface area contributed by atoms with Gasteiger partial charge >= 0.3 is 247 Å². The fraction of sp³-hybridized carbons (Fsp3) is 0.176. The number of hydrogen-bond acceptors (Lipinski definition) is 4. The van der Waals surface area contributed by atoms with Crippen LogP contribution in [0.5, 0.6) is 5.75 Å². The van der Waals surface area contributed by atoms with Crippen LogP contribution in [-0.4, -0.2) is 37.6 Å². The monoisotopic (exact) mass is 613 g/mol. The van der Waals surface area contributed by atoms with Crippen molar-refractivity contribution >= 4 is 36.7 Å². The average Bonchev–Trinajstić information content (AvgIpc) is 3.35. The predicted molar refractivity (Wildman–Crippen MR) is 165 cm³/mol. The van der Waals surface area contributed by atoms with Gasteiger partial charge in [0, 0.05) is 0 Å². The third-order valence-corrected chi connectivity index (χ3v) is 10.9. The van der Waals surface area contributed by atoms with Gasteiger partial charge in [-0.1, -0.05) is 0 Å². The first-order valence-corrected chi connectivity index (χ1v) is 15.8. The maximum absolute atomic E-state index is 11.0. The maximum atomic E-state index is 11.0. The van der Waals surface area contributed by atoms with E-state index in [0.717, 1.165) is 28.2 Å². The van der Waals surface area contributed by atoms with E-state index >= 15 is 0 Å². The van der Waals surface area contributed by atoms with Gasteiger partial charge in [-0.05, 0) is 0 Å². The number of aryl methyl sites for hydroxylation is 3. The second-order valence-electron chi connectivity index (χ2n) is 9.82. The quantitative estimate of drug-likeness (QED) is 0.170. The average molecular weight is 613 g/mol. The van der Waals surface area contributed by atoms with Gasteiger partial charge < -0.3 is 0 Å². The normalized spacial score (nSPS) is 11.8. The summed E-state index contributed by atoms with van der Waals surface area (Å²) in [5, 5.41) is 10.0. The summed E-state index contributed by atoms with van der Waals surface area (Å²) in [6.45, 7) is 5.86. The van der Waals surface area contributed by atoms with Crippen molar-refractivity contribution < 1.29 is 14.6 Å². The number of aliphatic carboxylic acids is 1. The molecule has 1 heterocycles. The van der Waals surface area contributed by atoms with E-state index in [2.05, 4.69) is 98.8 Å². The number of ether oxygens (including phenoxy) is 1. The Morgan fingerprint density at radius 2 is 1.55 bits per heavy atom. The number of thiazole rings is 1. The van der Waals surface area contributed by atoms with Crippen LogP contribution >= 0.6 is 11.3 Å². The molecule has 0 aliphatic carbocycles. The van der Waals surface area contributed by atoms with E-state index in [9.17, 15) is 4.79 Å². The van der Waals surface area contributed by atoms with Crippen LogP contribution in [0.2, 0.25) is 0 Å². The summed E-state index contributed by atoms with van der Waals surface area (Å²) in [7, 11) is 0. The molecule has 0 radical (unpaired) electrons. The zero-order valence-corrected chi connectivity index (χ0v) is 25.3. The standard InChI is InChI=1S/C34H31NO3SSe/c1-22-9-13-28(14-10-22)34-35-24(3)33(39-34)31(40-29-17-18-30(23(2)19-29)38-21-32(36)37)20-25-11-15-27(16-12-25)26-7-5-4-6-8-26/h4-19,31H,20-21H2,1-3H3,(H,36,37). The molecule has 1 N–H and O–H groups in total. The second kappa shape index (κ2) is 12.6. The molecular weight excluding hydrogens is 581 g/mol. The zero-order chi connectivity index (χ0) is 28.1. The van der Waals surface area contributed by atoms with Crippen molar-refractivity contribution in [1.29, 1.82) is 0 Å². The van der Waals surface area contributed by atoms with Gasteiger partial charge in [0.1, 0.15) is 0 Å². The van der Waals surface area contributed by atoms with Gasteiger partial charge in [-0.3, -0.25) is 0 Å². The molecule has 5 aromatic rings. The number of benzene rings is 4. The number of hydrogen-bond donors (Lipinski definition) is 1. The van der Waals surface area contributed by atoms with E-state index in [1.165, 1.54) is 31.6 Å². The van der Waals surface area contributed by atoms with Gasteiger partial charge in [0.05, 0.1) is 0 Å². The number of rotatable bonds is 10. The van der Waals surface area contributed by atoms with E-state index in [0.29, 0.717) is 10.6 Å². The van der Waals surface area contributed by atoms with E-state index in [1.54, 1.807) is 11.3 Å². The fourth-order valence-corrected chi connectivity index (χ4v) is 8.83. The summed E-state index contributed by atoms with van der Waals surface area (Å²) in [6, 6.07) is 34.1. The molecule has 1 unspecified atom stereocenters. The molecule has 0 bridgehead atoms. The molecule has 1 atom stereocenters. The Hall–Kier alpha value is -3.70. The fourth-order valence-electron chi connectivity index (χ4n) is 4.55. The summed E-state index contributed by atoms with van der Waals surface area (Å²) >= 11 is 1.92. The summed E-state index contributed by atoms with van der Waals surface area (Å²) in [4.78, 5) is 17.6. The zero-order valence-electron chi connectivity index (χ0n) is 22.8. The van der Waals surface area contributed by atoms with Crippen molar-refractivity contribution in [3.05, 3.63) is 124 Å². The Kier molecular flexibility index (Phi) is 8.81. The van der Waals surface area contributed by atoms with Gasteiger partial charge in [-0.2, -0.15) is 0 Å². The second-order valence-corrected chi connectivity index (χ2v) is 13.5. The molecule has 0 amide bonds. The molecule has 0 aliphatic heterocycles. The molecule has 0 saturated carbocycles. The number of aromatic nitrogens is 1. The van der Waals surface area contributed by atoms with Crippen molar-refractivity contribution in [2.45, 2.75) is 32.0 Å². The van der Waals surface area contributed by atoms with Crippen molar-refractivity contribution in [1.82, 2.24) is 4.98 Å². The first-order chi connectivity index (χ1) is 19.4. The molecule has 5 rings (SSSR count). The number of carboxylic acids is 1. The molecule has 1 aromatic heterocycles. The molecule has 40 heavy (non-hydrogen) atoms. The molecular formula is C34H31NO3SSe. The van der Waals surface area contributed by atoms with Gasteiger partial charge in [0.2, 0.25) is 0 Å². The SMILES string of the molecule is Cc1ccc(-c2nc(C)c(C(Cc3ccc(-c4ccccc4)cc3)[Se]c3ccc(OCC(=O)O)c(C)c3)s2)cc1. The van der Waals surface area contributed by atoms with Crippen LogP contribution in [-0.2, 0) is 11.2 Å². The Bertz CT molecular complexity index is 1600. The minimum atomic E-state index is -0.976. The summed E-state index contributed by atoms with van der Waals surface area (Å²) in [5.41, 5.74) is 8.17. The van der Waals surface area contributed by atoms with E-state index in [-0.39, 0.29) is 21.6 Å². The van der Waals surface area contributed by atoms with E-state index in [4.69, 9.17) is 14.8 Å². The molecule has 0 aliphatic rings. The number of carbonyl (C=O) groups is 1. The van der Waals surface area contributed by atoms with Gasteiger partial charge in [-0.25, -0.2) is 0 Å². The third-order valence-electron chi connectivity index (χ3n) is 6.68. The van der Waals surface area contributed by atoms with Crippen LogP contribution < -0.4 is 9.20 Å². The summed E-state index contributed by atoms with van der Waals surface area (Å²) in [6.07, 6.45) is 0.918. The topological polar surface area (TPSA) is 59.4 Å². The summed E-state index contributed by atoms with van der Waals surface area (Å²) in [5.74, 6) is -0.360. The minimum absolute atomic E-state index is 0.121. The van der Waals surface area contributed by atoms with E-state index < -0.39 is 5.97 Å². The molecule has 202 valence electrons. The third kappa shape index (κ3) is 6.89. The van der Waals surface area contributed by atoms with Crippen molar-refractivity contribution in [3.63, 3.8) is 0 Å². The number of carboxylic acid groups (broad SMARTS) is 1. The summed E-state index contributed by atoms with van der Waals surface area (Å²) < 4.78 is 6.72. The molecule has 0 saturated heterocycles. The van der Waals surface area contributed by atoms with Crippen LogP contribution in [0, 0.1) is 20.8 Å². The van der Waals surface area contributed by atoms with Crippen LogP contribution in [0.25, 0.3) is 21.7 Å². The van der Waals surface area contributed by atoms with Crippen LogP contribution in [0.15, 0.2) is 97.1 Å². The Morgan fingerprint density at radius 3 is 2.23 bits per heavy atom. The predicted octanol–water partition coefficient (Wildman–Crippen LogP) is 7.18. The van der Waals surface area contributed by atoms with Gasteiger partial charge in [-0.15, -0.1) is 0 Å². The van der Waals surface area contributed by atoms with Gasteiger partial charge in [0.25, 0.3) is 0 Å². The van der Waals surface area contributed by atoms with Crippen LogP contribution in [0.4, 0.5) is 0 Å². The van der Waals surface area contributed by atoms with E-state index in [1.807, 2.05) is 19.1 Å². The first kappa shape index (κ1) is 27.9. The number of nitrogens with zero attached hydrogens (tertiary/aromatic N) is 1. The Morgan fingerprint density at radius 1 is 0.875 bits per heavy atom. The molecule has 0 fully saturated rings. The molecule has 4 aromatic carbocycles. The first-order valence-electron chi connectivity index (χ1n) is 13.2. The molecule has 0 spiro atoms. The van der Waals surface area contributed by atoms with Crippen molar-refractivity contribution in [2.75, 3.05) is 6.61 Å². The van der Waals surface area contributed by atoms with Crippen LogP contribution in [0.3, 0.4) is 0 Å². The molecule has 4 nitrogen and oxygen atoms in total. The van der Waals surface area contributed by atoms with Gasteiger partial charge in [0.15, 0.2) is 0 Å². The Balaban J connectivity index is 1.44. The van der Waals surface area contributed by atoms with Crippen LogP contribution in [0.1, 0.15) is 32.1 Å².